The highest BCUT2D eigenvalue weighted by Gasteiger charge is 2.25. The smallest absolute Gasteiger partial charge is 0.271 e. The lowest BCUT2D eigenvalue weighted by atomic mass is 10.1. The van der Waals surface area contributed by atoms with E-state index in [-0.39, 0.29) is 33.3 Å². The second kappa shape index (κ2) is 7.40. The van der Waals surface area contributed by atoms with Gasteiger partial charge in [0.1, 0.15) is 6.04 Å². The third-order valence-corrected chi connectivity index (χ3v) is 3.95. The number of non-ortho nitro benzene ring substituents is 2. The molecule has 0 aliphatic carbocycles. The predicted octanol–water partition coefficient (Wildman–Crippen LogP) is 2.61. The zero-order chi connectivity index (χ0) is 20.4. The first-order valence-corrected chi connectivity index (χ1v) is 8.02. The fraction of sp³-hybridized carbons (Fsp3) is 0.0625. The van der Waals surface area contributed by atoms with Crippen LogP contribution in [0.3, 0.4) is 0 Å². The predicted molar refractivity (Wildman–Crippen MR) is 99.2 cm³/mol. The Hall–Kier alpha value is -3.86. The fourth-order valence-corrected chi connectivity index (χ4v) is 2.65. The summed E-state index contributed by atoms with van der Waals surface area (Å²) in [5, 5.41) is 26.6. The lowest BCUT2D eigenvalue weighted by molar-refractivity contribution is -0.385. The number of carbonyl (C=O) groups excluding carboxylic acids is 2. The average Bonchev–Trinajstić information content (AvgIpc) is 2.79. The highest BCUT2D eigenvalue weighted by atomic mass is 35.5. The van der Waals surface area contributed by atoms with Gasteiger partial charge in [0.05, 0.1) is 21.2 Å². The zero-order valence-corrected chi connectivity index (χ0v) is 14.5. The van der Waals surface area contributed by atoms with E-state index in [2.05, 4.69) is 15.6 Å². The largest absolute Gasteiger partial charge is 0.336 e. The summed E-state index contributed by atoms with van der Waals surface area (Å²) < 4.78 is 0. The van der Waals surface area contributed by atoms with Crippen LogP contribution in [-0.2, 0) is 4.79 Å². The van der Waals surface area contributed by atoms with Gasteiger partial charge in [-0.3, -0.25) is 34.8 Å². The Balaban J connectivity index is 1.82. The van der Waals surface area contributed by atoms with Crippen molar-refractivity contribution in [1.29, 1.82) is 0 Å². The molecule has 0 bridgehead atoms. The molecule has 0 spiro atoms. The minimum Gasteiger partial charge on any atom is -0.336 e. The van der Waals surface area contributed by atoms with Gasteiger partial charge in [-0.2, -0.15) is 0 Å². The Labute approximate surface area is 161 Å². The number of benzene rings is 2. The van der Waals surface area contributed by atoms with Gasteiger partial charge in [-0.15, -0.1) is 0 Å². The Morgan fingerprint density at radius 2 is 1.82 bits per heavy atom. The molecule has 0 fully saturated rings. The Morgan fingerprint density at radius 3 is 2.50 bits per heavy atom. The van der Waals surface area contributed by atoms with Crippen LogP contribution in [0.2, 0.25) is 5.02 Å². The second-order valence-corrected chi connectivity index (χ2v) is 6.07. The third kappa shape index (κ3) is 3.94. The molecule has 3 rings (SSSR count). The van der Waals surface area contributed by atoms with Gasteiger partial charge in [-0.05, 0) is 12.1 Å². The molecule has 2 aromatic rings. The fourth-order valence-electron chi connectivity index (χ4n) is 2.42. The van der Waals surface area contributed by atoms with Crippen LogP contribution < -0.4 is 10.6 Å². The number of anilines is 1. The minimum atomic E-state index is -1.21. The highest BCUT2D eigenvalue weighted by Crippen LogP contribution is 2.30. The maximum Gasteiger partial charge on any atom is 0.271 e. The number of rotatable bonds is 4. The Kier molecular flexibility index (Phi) is 5.00. The molecule has 1 aliphatic rings. The normalized spacial score (nSPS) is 15.2. The van der Waals surface area contributed by atoms with Crippen molar-refractivity contribution >= 4 is 52.4 Å². The van der Waals surface area contributed by atoms with Crippen LogP contribution in [0.15, 0.2) is 41.4 Å². The van der Waals surface area contributed by atoms with Crippen molar-refractivity contribution in [3.8, 4) is 0 Å². The van der Waals surface area contributed by atoms with E-state index in [4.69, 9.17) is 11.6 Å². The van der Waals surface area contributed by atoms with E-state index < -0.39 is 27.7 Å². The third-order valence-electron chi connectivity index (χ3n) is 3.74. The number of halogens is 1. The molecule has 1 aliphatic heterocycles. The molecule has 2 N–H and O–H groups in total. The molecule has 0 aromatic heterocycles. The Bertz CT molecular complexity index is 1050. The molecule has 28 heavy (non-hydrogen) atoms. The van der Waals surface area contributed by atoms with Gasteiger partial charge in [0.15, 0.2) is 0 Å². The summed E-state index contributed by atoms with van der Waals surface area (Å²) in [5.74, 6) is -1.47. The van der Waals surface area contributed by atoms with Crippen molar-refractivity contribution in [3.05, 3.63) is 67.2 Å². The van der Waals surface area contributed by atoms with E-state index >= 15 is 0 Å². The number of aliphatic imine (C=N–C) groups is 1. The zero-order valence-electron chi connectivity index (χ0n) is 13.8. The van der Waals surface area contributed by atoms with Gasteiger partial charge in [-0.1, -0.05) is 11.6 Å². The molecule has 0 unspecified atom stereocenters. The summed E-state index contributed by atoms with van der Waals surface area (Å²) >= 11 is 5.79. The number of carbonyl (C=O) groups is 2. The van der Waals surface area contributed by atoms with Gasteiger partial charge in [0, 0.05) is 41.1 Å². The van der Waals surface area contributed by atoms with Gasteiger partial charge in [0.2, 0.25) is 0 Å². The van der Waals surface area contributed by atoms with Crippen LogP contribution in [0.25, 0.3) is 0 Å². The summed E-state index contributed by atoms with van der Waals surface area (Å²) in [6.07, 6.45) is 1.16. The van der Waals surface area contributed by atoms with Crippen molar-refractivity contribution in [2.75, 3.05) is 5.32 Å². The van der Waals surface area contributed by atoms with E-state index in [1.54, 1.807) is 0 Å². The molecule has 1 heterocycles. The van der Waals surface area contributed by atoms with Gasteiger partial charge >= 0.3 is 0 Å². The van der Waals surface area contributed by atoms with Gasteiger partial charge < -0.3 is 10.6 Å². The van der Waals surface area contributed by atoms with Crippen molar-refractivity contribution in [1.82, 2.24) is 5.32 Å². The van der Waals surface area contributed by atoms with E-state index in [0.29, 0.717) is 0 Å². The number of fused-ring (bicyclic) bond motifs is 1. The molecule has 0 saturated heterocycles. The number of nitrogens with zero attached hydrogens (tertiary/aromatic N) is 3. The highest BCUT2D eigenvalue weighted by molar-refractivity contribution is 6.31. The average molecular weight is 404 g/mol. The maximum absolute atomic E-state index is 12.4. The van der Waals surface area contributed by atoms with Crippen LogP contribution in [0.1, 0.15) is 10.4 Å². The monoisotopic (exact) mass is 403 g/mol. The molecule has 2 amide bonds. The molecular formula is C16H10ClN5O6. The first-order valence-electron chi connectivity index (χ1n) is 7.64. The number of hydrogen-bond donors (Lipinski definition) is 2. The van der Waals surface area contributed by atoms with E-state index in [1.165, 1.54) is 18.2 Å². The van der Waals surface area contributed by atoms with Crippen LogP contribution >= 0.6 is 11.6 Å². The van der Waals surface area contributed by atoms with E-state index in [1.807, 2.05) is 0 Å². The van der Waals surface area contributed by atoms with Crippen molar-refractivity contribution in [2.45, 2.75) is 6.04 Å². The molecule has 1 atom stereocenters. The summed E-state index contributed by atoms with van der Waals surface area (Å²) in [6, 6.07) is 5.84. The molecule has 12 heteroatoms. The van der Waals surface area contributed by atoms with E-state index in [9.17, 15) is 29.8 Å². The van der Waals surface area contributed by atoms with Crippen LogP contribution in [0, 0.1) is 20.2 Å². The topological polar surface area (TPSA) is 157 Å². The number of nitro benzene ring substituents is 2. The number of nitrogens with one attached hydrogen (secondary N) is 2. The van der Waals surface area contributed by atoms with E-state index in [0.717, 1.165) is 24.4 Å². The van der Waals surface area contributed by atoms with Gasteiger partial charge in [0.25, 0.3) is 23.2 Å². The minimum absolute atomic E-state index is 0.0157. The lowest BCUT2D eigenvalue weighted by Gasteiger charge is -2.13. The van der Waals surface area contributed by atoms with Crippen molar-refractivity contribution in [3.63, 3.8) is 0 Å². The molecule has 11 nitrogen and oxygen atoms in total. The van der Waals surface area contributed by atoms with Gasteiger partial charge in [-0.25, -0.2) is 0 Å². The summed E-state index contributed by atoms with van der Waals surface area (Å²) in [6.45, 7) is 0. The number of nitro groups is 2. The van der Waals surface area contributed by atoms with Crippen molar-refractivity contribution in [2.24, 2.45) is 4.99 Å². The quantitative estimate of drug-likeness (QED) is 0.590. The first kappa shape index (κ1) is 18.9. The summed E-state index contributed by atoms with van der Waals surface area (Å²) in [5.41, 5.74) is -0.336. The molecular weight excluding hydrogens is 394 g/mol. The number of amides is 2. The summed E-state index contributed by atoms with van der Waals surface area (Å²) in [7, 11) is 0. The number of hydrogen-bond acceptors (Lipinski definition) is 7. The van der Waals surface area contributed by atoms with Crippen LogP contribution in [0.4, 0.5) is 22.7 Å². The standard InChI is InChI=1S/C16H10ClN5O6/c17-9-3-8(4-11(5-9)22(27)28)15(23)20-14-7-18-12-2-1-10(21(25)26)6-13(12)19-16(14)24/h1-7,14H,(H,19,24)(H,20,23)/t14-/m1/s1. The summed E-state index contributed by atoms with van der Waals surface area (Å²) in [4.78, 5) is 49.2. The first-order chi connectivity index (χ1) is 13.2. The molecule has 2 aromatic carbocycles. The molecule has 142 valence electrons. The van der Waals surface area contributed by atoms with Crippen LogP contribution in [-0.4, -0.2) is 33.9 Å². The lowest BCUT2D eigenvalue weighted by Crippen LogP contribution is -2.44. The Morgan fingerprint density at radius 1 is 1.11 bits per heavy atom. The molecule has 0 radical (unpaired) electrons. The van der Waals surface area contributed by atoms with Crippen LogP contribution in [0.5, 0.6) is 0 Å². The maximum atomic E-state index is 12.4. The SMILES string of the molecule is O=C(N[C@@H]1C=Nc2ccc([N+](=O)[O-])cc2NC1=O)c1cc(Cl)cc([N+](=O)[O-])c1. The second-order valence-electron chi connectivity index (χ2n) is 5.63. The molecule has 0 saturated carbocycles. The van der Waals surface area contributed by atoms with Crippen molar-refractivity contribution < 1.29 is 19.4 Å².